The van der Waals surface area contributed by atoms with Gasteiger partial charge in [0.15, 0.2) is 0 Å². The maximum Gasteiger partial charge on any atom is 0.329 e. The molecule has 0 spiro atoms. The van der Waals surface area contributed by atoms with Gasteiger partial charge in [0, 0.05) is 18.0 Å². The molecule has 2 aromatic carbocycles. The standard InChI is InChI=1S/C33H46N2O6/c1-6-40-29-21-28(22-30(23(29)3)41-7-2)24(4)35(20-12-11-15-26-13-9-8-10-14-26)32(39)34-33(31(37)38)18-16-27(17-19-33)25(5)36/h8-10,13-14,21-22,24,27H,6-7,11-12,15-20H2,1-5H3,(H,34,39)(H,37,38)/t24-,27?,33?/m1/s1. The quantitative estimate of drug-likeness (QED) is 0.253. The maximum absolute atomic E-state index is 13.9. The first kappa shape index (κ1) is 32.0. The first-order valence-corrected chi connectivity index (χ1v) is 14.9. The summed E-state index contributed by atoms with van der Waals surface area (Å²) in [6.45, 7) is 10.7. The van der Waals surface area contributed by atoms with Gasteiger partial charge in [0.05, 0.1) is 19.3 Å². The lowest BCUT2D eigenvalue weighted by atomic mass is 9.75. The molecule has 8 nitrogen and oxygen atoms in total. The summed E-state index contributed by atoms with van der Waals surface area (Å²) in [5.74, 6) is 0.258. The van der Waals surface area contributed by atoms with Gasteiger partial charge >= 0.3 is 12.0 Å². The van der Waals surface area contributed by atoms with Crippen molar-refractivity contribution in [3.8, 4) is 11.5 Å². The van der Waals surface area contributed by atoms with Gasteiger partial charge in [-0.25, -0.2) is 9.59 Å². The van der Waals surface area contributed by atoms with Gasteiger partial charge in [-0.1, -0.05) is 30.3 Å². The smallest absolute Gasteiger partial charge is 0.329 e. The monoisotopic (exact) mass is 566 g/mol. The average Bonchev–Trinajstić information content (AvgIpc) is 2.95. The van der Waals surface area contributed by atoms with Crippen molar-refractivity contribution >= 4 is 17.8 Å². The highest BCUT2D eigenvalue weighted by atomic mass is 16.5. The van der Waals surface area contributed by atoms with E-state index in [2.05, 4.69) is 17.4 Å². The Hall–Kier alpha value is -3.55. The molecule has 0 bridgehead atoms. The minimum atomic E-state index is -1.40. The Kier molecular flexibility index (Phi) is 11.6. The lowest BCUT2D eigenvalue weighted by Gasteiger charge is -2.39. The fraction of sp³-hybridized carbons (Fsp3) is 0.545. The van der Waals surface area contributed by atoms with E-state index in [1.165, 1.54) is 5.56 Å². The lowest BCUT2D eigenvalue weighted by molar-refractivity contribution is -0.147. The van der Waals surface area contributed by atoms with Gasteiger partial charge < -0.3 is 24.8 Å². The number of ketones is 1. The number of amides is 2. The number of carbonyl (C=O) groups excluding carboxylic acids is 2. The average molecular weight is 567 g/mol. The molecule has 2 amide bonds. The molecule has 3 rings (SSSR count). The number of rotatable bonds is 14. The number of hydrogen-bond donors (Lipinski definition) is 2. The number of hydrogen-bond acceptors (Lipinski definition) is 5. The highest BCUT2D eigenvalue weighted by Gasteiger charge is 2.45. The molecule has 2 N–H and O–H groups in total. The van der Waals surface area contributed by atoms with Crippen molar-refractivity contribution in [2.24, 2.45) is 5.92 Å². The Labute approximate surface area is 244 Å². The van der Waals surface area contributed by atoms with Crippen LogP contribution in [0.4, 0.5) is 4.79 Å². The zero-order valence-electron chi connectivity index (χ0n) is 25.2. The van der Waals surface area contributed by atoms with Crippen molar-refractivity contribution in [1.82, 2.24) is 10.2 Å². The molecule has 2 aromatic rings. The molecular formula is C33H46N2O6. The van der Waals surface area contributed by atoms with Gasteiger partial charge in [0.25, 0.3) is 0 Å². The van der Waals surface area contributed by atoms with Crippen LogP contribution in [0.1, 0.15) is 89.0 Å². The summed E-state index contributed by atoms with van der Waals surface area (Å²) in [5.41, 5.74) is 1.59. The Morgan fingerprint density at radius 3 is 2.12 bits per heavy atom. The van der Waals surface area contributed by atoms with E-state index < -0.39 is 17.5 Å². The van der Waals surface area contributed by atoms with Gasteiger partial charge in [-0.2, -0.15) is 0 Å². The number of unbranched alkanes of at least 4 members (excludes halogenated alkanes) is 1. The molecular weight excluding hydrogens is 520 g/mol. The first-order valence-electron chi connectivity index (χ1n) is 14.9. The topological polar surface area (TPSA) is 105 Å². The number of benzene rings is 2. The molecule has 1 atom stereocenters. The number of aliphatic carboxylic acids is 1. The van der Waals surface area contributed by atoms with Crippen molar-refractivity contribution in [1.29, 1.82) is 0 Å². The van der Waals surface area contributed by atoms with E-state index in [0.717, 1.165) is 30.4 Å². The van der Waals surface area contributed by atoms with E-state index in [0.29, 0.717) is 44.1 Å². The molecule has 0 aromatic heterocycles. The molecule has 0 aliphatic heterocycles. The Balaban J connectivity index is 1.87. The Bertz CT molecular complexity index is 1150. The van der Waals surface area contributed by atoms with Crippen LogP contribution < -0.4 is 14.8 Å². The van der Waals surface area contributed by atoms with Gasteiger partial charge in [-0.15, -0.1) is 0 Å². The van der Waals surface area contributed by atoms with E-state index in [9.17, 15) is 19.5 Å². The zero-order chi connectivity index (χ0) is 30.0. The van der Waals surface area contributed by atoms with Gasteiger partial charge in [0.2, 0.25) is 0 Å². The van der Waals surface area contributed by atoms with Crippen molar-refractivity contribution in [3.05, 3.63) is 59.2 Å². The first-order chi connectivity index (χ1) is 19.6. The van der Waals surface area contributed by atoms with Crippen LogP contribution in [0.5, 0.6) is 11.5 Å². The number of nitrogens with one attached hydrogen (secondary N) is 1. The number of carboxylic acids is 1. The molecule has 41 heavy (non-hydrogen) atoms. The van der Waals surface area contributed by atoms with Crippen LogP contribution in [0.25, 0.3) is 0 Å². The maximum atomic E-state index is 13.9. The second-order valence-corrected chi connectivity index (χ2v) is 11.0. The fourth-order valence-corrected chi connectivity index (χ4v) is 5.63. The molecule has 0 unspecified atom stereocenters. The predicted molar refractivity (Wildman–Crippen MR) is 160 cm³/mol. The Morgan fingerprint density at radius 1 is 1.02 bits per heavy atom. The number of urea groups is 1. The minimum Gasteiger partial charge on any atom is -0.493 e. The number of Topliss-reactive ketones (excluding diaryl/α,β-unsaturated/α-hetero) is 1. The van der Waals surface area contributed by atoms with Crippen LogP contribution in [0.2, 0.25) is 0 Å². The van der Waals surface area contributed by atoms with Gasteiger partial charge in [-0.05, 0) is 103 Å². The predicted octanol–water partition coefficient (Wildman–Crippen LogP) is 6.49. The van der Waals surface area contributed by atoms with Crippen LogP contribution >= 0.6 is 0 Å². The van der Waals surface area contributed by atoms with E-state index in [1.54, 1.807) is 11.8 Å². The van der Waals surface area contributed by atoms with Crippen molar-refractivity contribution in [2.75, 3.05) is 19.8 Å². The largest absolute Gasteiger partial charge is 0.493 e. The van der Waals surface area contributed by atoms with Crippen molar-refractivity contribution in [2.45, 2.75) is 91.1 Å². The van der Waals surface area contributed by atoms with E-state index in [1.807, 2.05) is 58.0 Å². The lowest BCUT2D eigenvalue weighted by Crippen LogP contribution is -2.59. The number of aryl methyl sites for hydroxylation is 1. The summed E-state index contributed by atoms with van der Waals surface area (Å²) in [7, 11) is 0. The summed E-state index contributed by atoms with van der Waals surface area (Å²) in [6, 6.07) is 13.3. The van der Waals surface area contributed by atoms with Crippen LogP contribution in [-0.2, 0) is 16.0 Å². The third-order valence-electron chi connectivity index (χ3n) is 8.27. The van der Waals surface area contributed by atoms with Crippen LogP contribution in [0.15, 0.2) is 42.5 Å². The summed E-state index contributed by atoms with van der Waals surface area (Å²) in [5, 5.41) is 13.1. The van der Waals surface area contributed by atoms with Crippen molar-refractivity contribution in [3.63, 3.8) is 0 Å². The highest BCUT2D eigenvalue weighted by Crippen LogP contribution is 2.36. The molecule has 224 valence electrons. The normalized spacial score (nSPS) is 19.2. The second-order valence-electron chi connectivity index (χ2n) is 11.0. The SMILES string of the molecule is CCOc1cc([C@@H](C)N(CCCCc2ccccc2)C(=O)NC2(C(=O)O)CCC(C(C)=O)CC2)cc(OCC)c1C. The summed E-state index contributed by atoms with van der Waals surface area (Å²) >= 11 is 0. The number of carboxylic acid groups (broad SMARTS) is 1. The second kappa shape index (κ2) is 14.9. The highest BCUT2D eigenvalue weighted by molar-refractivity contribution is 5.87. The molecule has 8 heteroatoms. The summed E-state index contributed by atoms with van der Waals surface area (Å²) < 4.78 is 11.8. The third kappa shape index (κ3) is 8.24. The molecule has 0 radical (unpaired) electrons. The number of carbonyl (C=O) groups is 3. The van der Waals surface area contributed by atoms with E-state index in [4.69, 9.17) is 9.47 Å². The molecule has 0 heterocycles. The molecule has 1 saturated carbocycles. The van der Waals surface area contributed by atoms with Crippen LogP contribution in [0.3, 0.4) is 0 Å². The fourth-order valence-electron chi connectivity index (χ4n) is 5.63. The Morgan fingerprint density at radius 2 is 1.61 bits per heavy atom. The third-order valence-corrected chi connectivity index (χ3v) is 8.27. The van der Waals surface area contributed by atoms with Crippen LogP contribution in [0, 0.1) is 12.8 Å². The van der Waals surface area contributed by atoms with Crippen LogP contribution in [-0.4, -0.2) is 53.1 Å². The zero-order valence-corrected chi connectivity index (χ0v) is 25.2. The van der Waals surface area contributed by atoms with Gasteiger partial charge in [-0.3, -0.25) is 4.79 Å². The van der Waals surface area contributed by atoms with E-state index >= 15 is 0 Å². The van der Waals surface area contributed by atoms with Gasteiger partial charge in [0.1, 0.15) is 22.8 Å². The molecule has 1 fully saturated rings. The number of nitrogens with zero attached hydrogens (tertiary/aromatic N) is 1. The molecule has 1 aliphatic carbocycles. The minimum absolute atomic E-state index is 0.0681. The molecule has 0 saturated heterocycles. The number of ether oxygens (including phenoxy) is 2. The molecule has 1 aliphatic rings. The summed E-state index contributed by atoms with van der Waals surface area (Å²) in [4.78, 5) is 40.1. The van der Waals surface area contributed by atoms with Crippen molar-refractivity contribution < 1.29 is 29.0 Å². The van der Waals surface area contributed by atoms with E-state index in [-0.39, 0.29) is 30.6 Å². The summed E-state index contributed by atoms with van der Waals surface area (Å²) in [6.07, 6.45) is 3.87.